The van der Waals surface area contributed by atoms with Gasteiger partial charge in [0.15, 0.2) is 0 Å². The van der Waals surface area contributed by atoms with Gasteiger partial charge in [-0.3, -0.25) is 9.80 Å². The molecular weight excluding hydrogens is 749 g/mol. The summed E-state index contributed by atoms with van der Waals surface area (Å²) in [6.07, 6.45) is 55.6. The third-order valence-electron chi connectivity index (χ3n) is 24.6. The van der Waals surface area contributed by atoms with E-state index in [0.717, 1.165) is 107 Å². The summed E-state index contributed by atoms with van der Waals surface area (Å²) in [5.41, 5.74) is 1.17. The van der Waals surface area contributed by atoms with Gasteiger partial charge in [-0.25, -0.2) is 0 Å². The molecule has 0 radical (unpaired) electrons. The first-order valence-corrected chi connectivity index (χ1v) is 29.8. The summed E-state index contributed by atoms with van der Waals surface area (Å²) in [6, 6.07) is 5.45. The van der Waals surface area contributed by atoms with Gasteiger partial charge in [-0.2, -0.15) is 0 Å². The van der Waals surface area contributed by atoms with Crippen LogP contribution in [0.4, 0.5) is 0 Å². The zero-order valence-electron chi connectivity index (χ0n) is 41.7. The summed E-state index contributed by atoms with van der Waals surface area (Å²) in [6.45, 7) is 11.0. The predicted molar refractivity (Wildman–Crippen MR) is 262 cm³/mol. The second kappa shape index (κ2) is 18.8. The average Bonchev–Trinajstić information content (AvgIpc) is 3.69. The van der Waals surface area contributed by atoms with Gasteiger partial charge in [0.25, 0.3) is 0 Å². The molecule has 10 unspecified atom stereocenters. The summed E-state index contributed by atoms with van der Waals surface area (Å²) >= 11 is 0. The molecule has 0 heterocycles. The van der Waals surface area contributed by atoms with Crippen molar-refractivity contribution in [1.29, 1.82) is 0 Å². The SMILES string of the molecule is CC1(C)C2CCCCC2C2CCC(N(C3CCCCC3)C3CCC(C4CCC(C5CCC(N(C6CCCCC6)C6CCC7C8CCCCC8C(C)(C)C7C6)CC5)CC4)CC3)CC21. The van der Waals surface area contributed by atoms with Crippen LogP contribution in [-0.4, -0.2) is 46.1 Å². The van der Waals surface area contributed by atoms with Crippen molar-refractivity contribution in [1.82, 2.24) is 9.80 Å². The molecular formula is C60H102N2. The average molecular weight is 851 g/mol. The molecule has 11 fully saturated rings. The monoisotopic (exact) mass is 851 g/mol. The van der Waals surface area contributed by atoms with E-state index in [1.165, 1.54) is 89.9 Å². The molecule has 11 aliphatic carbocycles. The minimum absolute atomic E-state index is 0.586. The lowest BCUT2D eigenvalue weighted by Crippen LogP contribution is -2.54. The molecule has 0 aromatic heterocycles. The predicted octanol–water partition coefficient (Wildman–Crippen LogP) is 16.4. The zero-order valence-corrected chi connectivity index (χ0v) is 41.7. The van der Waals surface area contributed by atoms with Gasteiger partial charge < -0.3 is 0 Å². The Bertz CT molecular complexity index is 1320. The van der Waals surface area contributed by atoms with Crippen molar-refractivity contribution in [2.24, 2.45) is 81.8 Å². The third kappa shape index (κ3) is 8.34. The van der Waals surface area contributed by atoms with Crippen LogP contribution in [0.5, 0.6) is 0 Å². The summed E-state index contributed by atoms with van der Waals surface area (Å²) in [5.74, 6) is 12.6. The molecule has 2 heteroatoms. The Morgan fingerprint density at radius 3 is 0.887 bits per heavy atom. The van der Waals surface area contributed by atoms with Crippen molar-refractivity contribution in [3.63, 3.8) is 0 Å². The van der Waals surface area contributed by atoms with Crippen LogP contribution in [0.2, 0.25) is 0 Å². The van der Waals surface area contributed by atoms with Crippen LogP contribution in [0.15, 0.2) is 0 Å². The van der Waals surface area contributed by atoms with Crippen molar-refractivity contribution < 1.29 is 0 Å². The molecule has 11 saturated carbocycles. The topological polar surface area (TPSA) is 6.48 Å². The number of hydrogen-bond acceptors (Lipinski definition) is 2. The van der Waals surface area contributed by atoms with Crippen molar-refractivity contribution >= 4 is 0 Å². The second-order valence-electron chi connectivity index (χ2n) is 27.5. The highest BCUT2D eigenvalue weighted by Gasteiger charge is 2.59. The van der Waals surface area contributed by atoms with Gasteiger partial charge in [-0.1, -0.05) is 91.9 Å². The Morgan fingerprint density at radius 2 is 0.516 bits per heavy atom. The molecule has 10 atom stereocenters. The number of rotatable bonds is 8. The first-order chi connectivity index (χ1) is 30.3. The summed E-state index contributed by atoms with van der Waals surface area (Å²) in [4.78, 5) is 6.66. The van der Waals surface area contributed by atoms with Gasteiger partial charge in [0.1, 0.15) is 0 Å². The first-order valence-electron chi connectivity index (χ1n) is 29.8. The van der Waals surface area contributed by atoms with E-state index in [9.17, 15) is 0 Å². The van der Waals surface area contributed by atoms with Crippen LogP contribution in [0.25, 0.3) is 0 Å². The van der Waals surface area contributed by atoms with E-state index in [2.05, 4.69) is 37.5 Å². The van der Waals surface area contributed by atoms with Crippen molar-refractivity contribution in [2.45, 2.75) is 295 Å². The van der Waals surface area contributed by atoms with Crippen LogP contribution in [-0.2, 0) is 0 Å². The fraction of sp³-hybridized carbons (Fsp3) is 1.00. The molecule has 0 aromatic rings. The van der Waals surface area contributed by atoms with Gasteiger partial charge in [-0.15, -0.1) is 0 Å². The highest BCUT2D eigenvalue weighted by Crippen LogP contribution is 2.65. The molecule has 0 bridgehead atoms. The third-order valence-corrected chi connectivity index (χ3v) is 24.6. The van der Waals surface area contributed by atoms with Crippen LogP contribution < -0.4 is 0 Å². The largest absolute Gasteiger partial charge is 0.294 e. The smallest absolute Gasteiger partial charge is 0.0104 e. The molecule has 0 aromatic carbocycles. The molecule has 62 heavy (non-hydrogen) atoms. The molecule has 0 amide bonds. The molecule has 2 nitrogen and oxygen atoms in total. The van der Waals surface area contributed by atoms with Gasteiger partial charge >= 0.3 is 0 Å². The van der Waals surface area contributed by atoms with E-state index in [0.29, 0.717) is 10.8 Å². The van der Waals surface area contributed by atoms with E-state index < -0.39 is 0 Å². The Kier molecular flexibility index (Phi) is 13.5. The van der Waals surface area contributed by atoms with Crippen molar-refractivity contribution in [3.05, 3.63) is 0 Å². The molecule has 352 valence electrons. The second-order valence-corrected chi connectivity index (χ2v) is 27.5. The van der Waals surface area contributed by atoms with E-state index in [4.69, 9.17) is 0 Å². The quantitative estimate of drug-likeness (QED) is 0.240. The van der Waals surface area contributed by atoms with Gasteiger partial charge in [-0.05, 0) is 249 Å². The minimum atomic E-state index is 0.586. The molecule has 11 rings (SSSR count). The van der Waals surface area contributed by atoms with Crippen molar-refractivity contribution in [3.8, 4) is 0 Å². The maximum absolute atomic E-state index is 3.33. The van der Waals surface area contributed by atoms with Gasteiger partial charge in [0, 0.05) is 36.3 Å². The number of fused-ring (bicyclic) bond motifs is 6. The maximum Gasteiger partial charge on any atom is 0.0104 e. The number of nitrogens with zero attached hydrogens (tertiary/aromatic N) is 2. The molecule has 11 aliphatic rings. The fourth-order valence-corrected chi connectivity index (χ4v) is 21.7. The van der Waals surface area contributed by atoms with Crippen molar-refractivity contribution in [2.75, 3.05) is 0 Å². The Morgan fingerprint density at radius 1 is 0.242 bits per heavy atom. The molecule has 0 aliphatic heterocycles. The fourth-order valence-electron chi connectivity index (χ4n) is 21.7. The van der Waals surface area contributed by atoms with E-state index >= 15 is 0 Å². The normalized spacial score (nSPS) is 47.7. The van der Waals surface area contributed by atoms with E-state index in [-0.39, 0.29) is 0 Å². The number of hydrogen-bond donors (Lipinski definition) is 0. The summed E-state index contributed by atoms with van der Waals surface area (Å²) < 4.78 is 0. The Balaban J connectivity index is 0.678. The van der Waals surface area contributed by atoms with Crippen LogP contribution in [0.3, 0.4) is 0 Å². The summed E-state index contributed by atoms with van der Waals surface area (Å²) in [7, 11) is 0. The summed E-state index contributed by atoms with van der Waals surface area (Å²) in [5, 5.41) is 0. The molecule has 0 N–H and O–H groups in total. The lowest BCUT2D eigenvalue weighted by Gasteiger charge is -2.52. The van der Waals surface area contributed by atoms with Crippen LogP contribution in [0.1, 0.15) is 259 Å². The minimum Gasteiger partial charge on any atom is -0.294 e. The Labute approximate surface area is 385 Å². The van der Waals surface area contributed by atoms with Gasteiger partial charge in [0.05, 0.1) is 0 Å². The lowest BCUT2D eigenvalue weighted by molar-refractivity contribution is -0.0234. The van der Waals surface area contributed by atoms with Crippen LogP contribution >= 0.6 is 0 Å². The Hall–Kier alpha value is -0.0800. The first kappa shape index (κ1) is 44.4. The van der Waals surface area contributed by atoms with Gasteiger partial charge in [0.2, 0.25) is 0 Å². The lowest BCUT2D eigenvalue weighted by atomic mass is 9.65. The highest BCUT2D eigenvalue weighted by molar-refractivity contribution is 5.09. The standard InChI is InChI=1S/C60H102N2/c1-59(2)55-21-13-11-19-51(55)53-37-35-49(39-57(53)59)61(45-15-7-5-8-16-45)47-31-27-43(28-32-47)41-23-25-42(26-24-41)44-29-33-48(34-30-44)62(46-17-9-6-10-18-46)50-36-38-54-52-20-12-14-22-56(52)60(3,4)58(54)40-50/h41-58H,5-40H2,1-4H3. The zero-order chi connectivity index (χ0) is 42.0. The molecule has 0 saturated heterocycles. The molecule has 0 spiro atoms. The highest BCUT2D eigenvalue weighted by atomic mass is 15.2. The van der Waals surface area contributed by atoms with Crippen LogP contribution in [0, 0.1) is 81.8 Å². The van der Waals surface area contributed by atoms with E-state index in [1.54, 1.807) is 141 Å². The van der Waals surface area contributed by atoms with E-state index in [1.807, 2.05) is 0 Å². The maximum atomic E-state index is 3.33.